The molecular weight excluding hydrogens is 579 g/mol. The van der Waals surface area contributed by atoms with Crippen molar-refractivity contribution in [1.82, 2.24) is 10.2 Å². The molecule has 3 aromatic rings. The summed E-state index contributed by atoms with van der Waals surface area (Å²) in [5.41, 5.74) is -0.0658. The van der Waals surface area contributed by atoms with Crippen LogP contribution in [0.1, 0.15) is 37.0 Å². The van der Waals surface area contributed by atoms with Crippen LogP contribution in [-0.4, -0.2) is 44.3 Å². The highest BCUT2D eigenvalue weighted by Gasteiger charge is 2.36. The fraction of sp³-hybridized carbons (Fsp3) is 0.310. The van der Waals surface area contributed by atoms with Gasteiger partial charge in [-0.25, -0.2) is 8.42 Å². The standard InChI is InChI=1S/C29H31ClF3N3O4S/c1-4-15-34-28(38)21(3)35(18-22-10-8-9-20(2)16-22)27(37)19-36(41(39,40)24-11-6-5-7-12-24)26-17-23(29(31,32)33)13-14-25(26)30/h5-14,16-17,21H,4,15,18-19H2,1-3H3,(H,34,38). The average Bonchev–Trinajstić information content (AvgIpc) is 2.93. The third-order valence-corrected chi connectivity index (χ3v) is 8.40. The number of amides is 2. The Morgan fingerprint density at radius 3 is 2.29 bits per heavy atom. The Kier molecular flexibility index (Phi) is 10.4. The molecule has 1 N–H and O–H groups in total. The van der Waals surface area contributed by atoms with Gasteiger partial charge in [-0.15, -0.1) is 0 Å². The van der Waals surface area contributed by atoms with Crippen LogP contribution < -0.4 is 9.62 Å². The van der Waals surface area contributed by atoms with E-state index in [-0.39, 0.29) is 16.5 Å². The first kappa shape index (κ1) is 32.0. The average molecular weight is 610 g/mol. The van der Waals surface area contributed by atoms with Crippen molar-refractivity contribution in [2.24, 2.45) is 0 Å². The van der Waals surface area contributed by atoms with Crippen LogP contribution in [0.2, 0.25) is 5.02 Å². The van der Waals surface area contributed by atoms with Crippen molar-refractivity contribution in [3.8, 4) is 0 Å². The Morgan fingerprint density at radius 2 is 1.68 bits per heavy atom. The van der Waals surface area contributed by atoms with Gasteiger partial charge in [-0.2, -0.15) is 13.2 Å². The fourth-order valence-electron chi connectivity index (χ4n) is 4.10. The minimum absolute atomic E-state index is 0.0449. The highest BCUT2D eigenvalue weighted by molar-refractivity contribution is 7.92. The van der Waals surface area contributed by atoms with E-state index in [4.69, 9.17) is 11.6 Å². The number of aryl methyl sites for hydroxylation is 1. The summed E-state index contributed by atoms with van der Waals surface area (Å²) in [6, 6.07) is 15.5. The summed E-state index contributed by atoms with van der Waals surface area (Å²) in [6.45, 7) is 4.64. The normalized spacial score (nSPS) is 12.5. The number of halogens is 4. The van der Waals surface area contributed by atoms with Gasteiger partial charge in [0.25, 0.3) is 10.0 Å². The maximum Gasteiger partial charge on any atom is 0.416 e. The molecule has 41 heavy (non-hydrogen) atoms. The van der Waals surface area contributed by atoms with Crippen molar-refractivity contribution in [2.75, 3.05) is 17.4 Å². The summed E-state index contributed by atoms with van der Waals surface area (Å²) in [7, 11) is -4.57. The van der Waals surface area contributed by atoms with E-state index in [1.807, 2.05) is 26.0 Å². The van der Waals surface area contributed by atoms with Gasteiger partial charge in [-0.1, -0.05) is 66.6 Å². The van der Waals surface area contributed by atoms with E-state index in [2.05, 4.69) is 5.32 Å². The lowest BCUT2D eigenvalue weighted by Crippen LogP contribution is -2.51. The number of carbonyl (C=O) groups is 2. The predicted octanol–water partition coefficient (Wildman–Crippen LogP) is 5.81. The number of anilines is 1. The highest BCUT2D eigenvalue weighted by Crippen LogP contribution is 2.37. The topological polar surface area (TPSA) is 86.8 Å². The number of nitrogens with zero attached hydrogens (tertiary/aromatic N) is 2. The summed E-state index contributed by atoms with van der Waals surface area (Å²) in [5, 5.41) is 2.43. The molecule has 1 unspecified atom stereocenters. The second-order valence-corrected chi connectivity index (χ2v) is 11.7. The zero-order chi connectivity index (χ0) is 30.4. The number of benzene rings is 3. The fourth-order valence-corrected chi connectivity index (χ4v) is 5.81. The molecule has 0 heterocycles. The van der Waals surface area contributed by atoms with Gasteiger partial charge in [0.15, 0.2) is 0 Å². The SMILES string of the molecule is CCCNC(=O)C(C)N(Cc1cccc(C)c1)C(=O)CN(c1cc(C(F)(F)F)ccc1Cl)S(=O)(=O)c1ccccc1. The molecule has 0 saturated heterocycles. The first-order chi connectivity index (χ1) is 19.3. The molecule has 0 fully saturated rings. The van der Waals surface area contributed by atoms with Crippen LogP contribution in [0.4, 0.5) is 18.9 Å². The maximum absolute atomic E-state index is 13.9. The largest absolute Gasteiger partial charge is 0.416 e. The van der Waals surface area contributed by atoms with Gasteiger partial charge in [-0.05, 0) is 56.2 Å². The van der Waals surface area contributed by atoms with Crippen molar-refractivity contribution in [2.45, 2.75) is 50.9 Å². The summed E-state index contributed by atoms with van der Waals surface area (Å²) >= 11 is 6.25. The zero-order valence-corrected chi connectivity index (χ0v) is 24.4. The number of sulfonamides is 1. The molecule has 0 spiro atoms. The quantitative estimate of drug-likeness (QED) is 0.297. The van der Waals surface area contributed by atoms with Crippen LogP contribution in [0.15, 0.2) is 77.7 Å². The lowest BCUT2D eigenvalue weighted by molar-refractivity contribution is -0.139. The lowest BCUT2D eigenvalue weighted by Gasteiger charge is -2.32. The third-order valence-electron chi connectivity index (χ3n) is 6.30. The molecule has 1 atom stereocenters. The number of alkyl halides is 3. The molecule has 0 radical (unpaired) electrons. The Morgan fingerprint density at radius 1 is 1.00 bits per heavy atom. The smallest absolute Gasteiger partial charge is 0.354 e. The summed E-state index contributed by atoms with van der Waals surface area (Å²) in [4.78, 5) is 27.7. The molecule has 0 aromatic heterocycles. The Balaban J connectivity index is 2.12. The van der Waals surface area contributed by atoms with Gasteiger partial charge in [0.05, 0.1) is 21.2 Å². The maximum atomic E-state index is 13.9. The third kappa shape index (κ3) is 8.01. The highest BCUT2D eigenvalue weighted by atomic mass is 35.5. The molecular formula is C29H31ClF3N3O4S. The van der Waals surface area contributed by atoms with E-state index >= 15 is 0 Å². The Labute approximate surface area is 243 Å². The van der Waals surface area contributed by atoms with Crippen LogP contribution in [0, 0.1) is 6.92 Å². The molecule has 0 saturated carbocycles. The molecule has 0 aliphatic carbocycles. The van der Waals surface area contributed by atoms with E-state index in [1.165, 1.54) is 36.1 Å². The van der Waals surface area contributed by atoms with E-state index in [0.717, 1.165) is 17.7 Å². The van der Waals surface area contributed by atoms with Crippen LogP contribution >= 0.6 is 11.6 Å². The number of carbonyl (C=O) groups excluding carboxylic acids is 2. The van der Waals surface area contributed by atoms with Crippen LogP contribution in [0.3, 0.4) is 0 Å². The Bertz CT molecular complexity index is 1480. The number of nitrogens with one attached hydrogen (secondary N) is 1. The minimum atomic E-state index is -4.80. The molecule has 0 aliphatic heterocycles. The zero-order valence-electron chi connectivity index (χ0n) is 22.8. The minimum Gasteiger partial charge on any atom is -0.354 e. The molecule has 220 valence electrons. The Hall–Kier alpha value is -3.57. The molecule has 0 aliphatic rings. The summed E-state index contributed by atoms with van der Waals surface area (Å²) in [5.74, 6) is -1.26. The van der Waals surface area contributed by atoms with Gasteiger partial charge < -0.3 is 10.2 Å². The predicted molar refractivity (Wildman–Crippen MR) is 152 cm³/mol. The van der Waals surface area contributed by atoms with Gasteiger partial charge in [0, 0.05) is 13.1 Å². The summed E-state index contributed by atoms with van der Waals surface area (Å²) < 4.78 is 69.0. The van der Waals surface area contributed by atoms with E-state index < -0.39 is 51.9 Å². The number of hydrogen-bond acceptors (Lipinski definition) is 4. The van der Waals surface area contributed by atoms with Gasteiger partial charge >= 0.3 is 6.18 Å². The molecule has 7 nitrogen and oxygen atoms in total. The van der Waals surface area contributed by atoms with Gasteiger partial charge in [-0.3, -0.25) is 13.9 Å². The first-order valence-electron chi connectivity index (χ1n) is 12.8. The van der Waals surface area contributed by atoms with Crippen molar-refractivity contribution < 1.29 is 31.2 Å². The van der Waals surface area contributed by atoms with Crippen LogP contribution in [0.5, 0.6) is 0 Å². The first-order valence-corrected chi connectivity index (χ1v) is 14.6. The molecule has 3 aromatic carbocycles. The van der Waals surface area contributed by atoms with Gasteiger partial charge in [0.2, 0.25) is 11.8 Å². The van der Waals surface area contributed by atoms with Crippen molar-refractivity contribution in [1.29, 1.82) is 0 Å². The summed E-state index contributed by atoms with van der Waals surface area (Å²) in [6.07, 6.45) is -4.14. The lowest BCUT2D eigenvalue weighted by atomic mass is 10.1. The number of rotatable bonds is 11. The van der Waals surface area contributed by atoms with Crippen LogP contribution in [-0.2, 0) is 32.3 Å². The van der Waals surface area contributed by atoms with Crippen molar-refractivity contribution >= 4 is 39.1 Å². The van der Waals surface area contributed by atoms with E-state index in [9.17, 15) is 31.2 Å². The van der Waals surface area contributed by atoms with Crippen molar-refractivity contribution in [3.63, 3.8) is 0 Å². The second-order valence-electron chi connectivity index (χ2n) is 9.47. The van der Waals surface area contributed by atoms with Crippen molar-refractivity contribution in [3.05, 3.63) is 94.5 Å². The number of hydrogen-bond donors (Lipinski definition) is 1. The van der Waals surface area contributed by atoms with Crippen LogP contribution in [0.25, 0.3) is 0 Å². The monoisotopic (exact) mass is 609 g/mol. The molecule has 0 bridgehead atoms. The van der Waals surface area contributed by atoms with E-state index in [0.29, 0.717) is 28.9 Å². The molecule has 2 amide bonds. The molecule has 3 rings (SSSR count). The molecule has 12 heteroatoms. The van der Waals surface area contributed by atoms with E-state index in [1.54, 1.807) is 18.2 Å². The second kappa shape index (κ2) is 13.4. The van der Waals surface area contributed by atoms with Gasteiger partial charge in [0.1, 0.15) is 12.6 Å².